The van der Waals surface area contributed by atoms with E-state index >= 15 is 0 Å². The number of likely N-dealkylation sites (N-methyl/N-ethyl adjacent to an activating group) is 2. The molecule has 19 heavy (non-hydrogen) atoms. The van der Waals surface area contributed by atoms with Gasteiger partial charge in [-0.05, 0) is 38.0 Å². The molecule has 108 valence electrons. The zero-order valence-corrected chi connectivity index (χ0v) is 13.1. The number of aromatic nitrogens is 1. The molecule has 8 heteroatoms. The number of nitrogens with zero attached hydrogens (tertiary/aromatic N) is 3. The Balaban J connectivity index is 2.22. The second-order valence-corrected chi connectivity index (χ2v) is 7.84. The smallest absolute Gasteiger partial charge is 0.182 e. The van der Waals surface area contributed by atoms with Crippen molar-refractivity contribution in [2.24, 2.45) is 0 Å². The quantitative estimate of drug-likeness (QED) is 0.880. The first-order chi connectivity index (χ1) is 8.80. The Morgan fingerprint density at radius 3 is 2.79 bits per heavy atom. The van der Waals surface area contributed by atoms with Gasteiger partial charge < -0.3 is 15.5 Å². The van der Waals surface area contributed by atoms with Crippen LogP contribution in [0.15, 0.2) is 4.90 Å². The van der Waals surface area contributed by atoms with E-state index in [1.807, 2.05) is 11.9 Å². The van der Waals surface area contributed by atoms with Crippen molar-refractivity contribution in [3.05, 3.63) is 0 Å². The molecule has 2 heterocycles. The maximum absolute atomic E-state index is 11.8. The summed E-state index contributed by atoms with van der Waals surface area (Å²) < 4.78 is 27.6. The van der Waals surface area contributed by atoms with Crippen LogP contribution < -0.4 is 10.6 Å². The number of nitrogen functional groups attached to an aromatic ring is 1. The molecule has 0 spiro atoms. The summed E-state index contributed by atoms with van der Waals surface area (Å²) in [5.41, 5.74) is 5.68. The summed E-state index contributed by atoms with van der Waals surface area (Å²) >= 11 is 1.15. The molecule has 2 rings (SSSR count). The number of rotatable bonds is 4. The predicted octanol–water partition coefficient (Wildman–Crippen LogP) is 0.659. The van der Waals surface area contributed by atoms with E-state index in [4.69, 9.17) is 5.73 Å². The second kappa shape index (κ2) is 5.26. The summed E-state index contributed by atoms with van der Waals surface area (Å²) in [6.45, 7) is 1.89. The third kappa shape index (κ3) is 3.01. The molecule has 0 aromatic carbocycles. The van der Waals surface area contributed by atoms with E-state index in [0.717, 1.165) is 31.0 Å². The van der Waals surface area contributed by atoms with E-state index in [1.54, 1.807) is 0 Å². The van der Waals surface area contributed by atoms with Crippen LogP contribution in [0.25, 0.3) is 0 Å². The van der Waals surface area contributed by atoms with E-state index < -0.39 is 9.84 Å². The van der Waals surface area contributed by atoms with Crippen LogP contribution in [-0.2, 0) is 9.84 Å². The van der Waals surface area contributed by atoms with Crippen LogP contribution in [0.5, 0.6) is 0 Å². The molecule has 0 radical (unpaired) electrons. The van der Waals surface area contributed by atoms with Crippen molar-refractivity contribution in [1.29, 1.82) is 0 Å². The normalized spacial score (nSPS) is 20.9. The zero-order chi connectivity index (χ0) is 14.2. The highest BCUT2D eigenvalue weighted by Crippen LogP contribution is 2.34. The second-order valence-electron chi connectivity index (χ2n) is 5.13. The lowest BCUT2D eigenvalue weighted by Crippen LogP contribution is -2.36. The standard InChI is InChI=1S/C11H20N4O2S2/c1-14-6-4-5-8(14)7-15(2)11-9(19(3,16)17)10(12)13-18-11/h8H,4-7H2,1-3H3,(H2,12,13). The van der Waals surface area contributed by atoms with Gasteiger partial charge in [0.05, 0.1) is 0 Å². The summed E-state index contributed by atoms with van der Waals surface area (Å²) in [6.07, 6.45) is 3.51. The van der Waals surface area contributed by atoms with Gasteiger partial charge in [-0.25, -0.2) is 8.42 Å². The summed E-state index contributed by atoms with van der Waals surface area (Å²) in [5, 5.41) is 0.639. The Hall–Kier alpha value is -0.860. The first-order valence-electron chi connectivity index (χ1n) is 6.17. The molecular formula is C11H20N4O2S2. The van der Waals surface area contributed by atoms with Crippen LogP contribution in [0, 0.1) is 0 Å². The Kier molecular flexibility index (Phi) is 4.03. The molecule has 1 aromatic rings. The maximum atomic E-state index is 11.8. The van der Waals surface area contributed by atoms with Gasteiger partial charge in [0.1, 0.15) is 9.90 Å². The maximum Gasteiger partial charge on any atom is 0.182 e. The Morgan fingerprint density at radius 1 is 1.58 bits per heavy atom. The lowest BCUT2D eigenvalue weighted by atomic mass is 10.2. The molecule has 0 aliphatic carbocycles. The number of sulfone groups is 1. The van der Waals surface area contributed by atoms with Crippen LogP contribution in [0.4, 0.5) is 10.8 Å². The molecule has 1 aliphatic rings. The summed E-state index contributed by atoms with van der Waals surface area (Å²) in [7, 11) is 0.652. The van der Waals surface area contributed by atoms with Crippen molar-refractivity contribution in [2.45, 2.75) is 23.8 Å². The lowest BCUT2D eigenvalue weighted by molar-refractivity contribution is 0.314. The fourth-order valence-electron chi connectivity index (χ4n) is 2.49. The van der Waals surface area contributed by atoms with Gasteiger partial charge in [-0.15, -0.1) is 0 Å². The fraction of sp³-hybridized carbons (Fsp3) is 0.727. The number of likely N-dealkylation sites (tertiary alicyclic amines) is 1. The molecular weight excluding hydrogens is 284 g/mol. The van der Waals surface area contributed by atoms with Crippen molar-refractivity contribution in [3.8, 4) is 0 Å². The first-order valence-corrected chi connectivity index (χ1v) is 8.83. The van der Waals surface area contributed by atoms with Crippen LogP contribution in [0.3, 0.4) is 0 Å². The predicted molar refractivity (Wildman–Crippen MR) is 78.6 cm³/mol. The largest absolute Gasteiger partial charge is 0.382 e. The van der Waals surface area contributed by atoms with Crippen molar-refractivity contribution >= 4 is 32.2 Å². The molecule has 1 saturated heterocycles. The highest BCUT2D eigenvalue weighted by Gasteiger charge is 2.27. The molecule has 0 bridgehead atoms. The van der Waals surface area contributed by atoms with Crippen molar-refractivity contribution in [1.82, 2.24) is 9.27 Å². The molecule has 1 unspecified atom stereocenters. The topological polar surface area (TPSA) is 79.5 Å². The molecule has 0 amide bonds. The van der Waals surface area contributed by atoms with E-state index in [2.05, 4.69) is 16.3 Å². The number of hydrogen-bond acceptors (Lipinski definition) is 7. The summed E-state index contributed by atoms with van der Waals surface area (Å²) in [5.74, 6) is 0.106. The van der Waals surface area contributed by atoms with E-state index in [0.29, 0.717) is 11.0 Å². The van der Waals surface area contributed by atoms with E-state index in [-0.39, 0.29) is 10.7 Å². The van der Waals surface area contributed by atoms with Gasteiger partial charge in [0, 0.05) is 25.9 Å². The van der Waals surface area contributed by atoms with E-state index in [9.17, 15) is 8.42 Å². The Bertz CT molecular complexity index is 555. The van der Waals surface area contributed by atoms with Gasteiger partial charge in [-0.1, -0.05) is 0 Å². The highest BCUT2D eigenvalue weighted by molar-refractivity contribution is 7.91. The molecule has 1 fully saturated rings. The minimum Gasteiger partial charge on any atom is -0.382 e. The van der Waals surface area contributed by atoms with Gasteiger partial charge in [-0.3, -0.25) is 0 Å². The third-order valence-corrected chi connectivity index (χ3v) is 5.78. The van der Waals surface area contributed by atoms with Gasteiger partial charge in [0.2, 0.25) is 0 Å². The van der Waals surface area contributed by atoms with Gasteiger partial charge in [0.15, 0.2) is 15.7 Å². The molecule has 6 nitrogen and oxygen atoms in total. The van der Waals surface area contributed by atoms with Crippen molar-refractivity contribution in [3.63, 3.8) is 0 Å². The van der Waals surface area contributed by atoms with Crippen LogP contribution in [0.1, 0.15) is 12.8 Å². The average molecular weight is 304 g/mol. The molecule has 1 aliphatic heterocycles. The minimum atomic E-state index is -3.35. The van der Waals surface area contributed by atoms with Gasteiger partial charge in [0.25, 0.3) is 0 Å². The first kappa shape index (κ1) is 14.5. The number of anilines is 2. The number of hydrogen-bond donors (Lipinski definition) is 1. The van der Waals surface area contributed by atoms with Crippen LogP contribution >= 0.6 is 11.5 Å². The highest BCUT2D eigenvalue weighted by atomic mass is 32.2. The Labute approximate surface area is 118 Å². The van der Waals surface area contributed by atoms with Crippen molar-refractivity contribution in [2.75, 3.05) is 44.1 Å². The molecule has 2 N–H and O–H groups in total. The third-order valence-electron chi connectivity index (χ3n) is 3.53. The molecule has 1 aromatic heterocycles. The minimum absolute atomic E-state index is 0.106. The summed E-state index contributed by atoms with van der Waals surface area (Å²) in [4.78, 5) is 4.43. The van der Waals surface area contributed by atoms with E-state index in [1.165, 1.54) is 12.7 Å². The van der Waals surface area contributed by atoms with Crippen LogP contribution in [-0.4, -0.2) is 57.2 Å². The Morgan fingerprint density at radius 2 is 2.26 bits per heavy atom. The fourth-order valence-corrected chi connectivity index (χ4v) is 4.69. The summed E-state index contributed by atoms with van der Waals surface area (Å²) in [6, 6.07) is 0.459. The lowest BCUT2D eigenvalue weighted by Gasteiger charge is -2.26. The van der Waals surface area contributed by atoms with Crippen LogP contribution in [0.2, 0.25) is 0 Å². The SMILES string of the molecule is CN(CC1CCCN1C)c1snc(N)c1S(C)(=O)=O. The van der Waals surface area contributed by atoms with Gasteiger partial charge >= 0.3 is 0 Å². The molecule has 1 atom stereocenters. The monoisotopic (exact) mass is 304 g/mol. The van der Waals surface area contributed by atoms with Crippen molar-refractivity contribution < 1.29 is 8.42 Å². The van der Waals surface area contributed by atoms with Gasteiger partial charge in [-0.2, -0.15) is 4.37 Å². The zero-order valence-electron chi connectivity index (χ0n) is 11.5. The molecule has 0 saturated carbocycles. The number of nitrogens with two attached hydrogens (primary N) is 1. The average Bonchev–Trinajstić information content (AvgIpc) is 2.85.